The molecule has 0 saturated carbocycles. The highest BCUT2D eigenvalue weighted by Crippen LogP contribution is 2.39. The minimum Gasteiger partial charge on any atom is -0.467 e. The molecule has 0 unspecified atom stereocenters. The molecule has 4 rings (SSSR count). The molecule has 0 N–H and O–H groups in total. The molecule has 1 aliphatic heterocycles. The van der Waals surface area contributed by atoms with Crippen molar-refractivity contribution in [3.63, 3.8) is 0 Å². The van der Waals surface area contributed by atoms with Gasteiger partial charge in [-0.15, -0.1) is 0 Å². The summed E-state index contributed by atoms with van der Waals surface area (Å²) in [7, 11) is 0. The number of carbonyl (C=O) groups is 1. The normalized spacial score (nSPS) is 17.0. The van der Waals surface area contributed by atoms with Crippen LogP contribution in [0, 0.1) is 6.92 Å². The third-order valence-electron chi connectivity index (χ3n) is 6.19. The van der Waals surface area contributed by atoms with Gasteiger partial charge >= 0.3 is 6.18 Å². The molecule has 0 bridgehead atoms. The Hall–Kier alpha value is -3.14. The predicted molar refractivity (Wildman–Crippen MR) is 125 cm³/mol. The van der Waals surface area contributed by atoms with Gasteiger partial charge in [-0.1, -0.05) is 0 Å². The highest BCUT2D eigenvalue weighted by Gasteiger charge is 2.33. The van der Waals surface area contributed by atoms with E-state index in [0.29, 0.717) is 48.5 Å². The molecule has 2 aromatic heterocycles. The third-order valence-corrected chi connectivity index (χ3v) is 6.19. The highest BCUT2D eigenvalue weighted by molar-refractivity contribution is 5.81. The number of hydrogen-bond donors (Lipinski definition) is 0. The summed E-state index contributed by atoms with van der Waals surface area (Å²) >= 11 is 0. The smallest absolute Gasteiger partial charge is 0.416 e. The third kappa shape index (κ3) is 5.27. The summed E-state index contributed by atoms with van der Waals surface area (Å²) < 4.78 is 52.9. The van der Waals surface area contributed by atoms with Crippen LogP contribution in [0.3, 0.4) is 0 Å². The van der Waals surface area contributed by atoms with Gasteiger partial charge in [0.15, 0.2) is 12.4 Å². The summed E-state index contributed by atoms with van der Waals surface area (Å²) in [5, 5.41) is 5.46. The number of benzene rings is 1. The van der Waals surface area contributed by atoms with Crippen LogP contribution in [0.4, 0.5) is 13.2 Å². The largest absolute Gasteiger partial charge is 0.467 e. The van der Waals surface area contributed by atoms with E-state index in [-0.39, 0.29) is 30.5 Å². The molecule has 1 aromatic carbocycles. The van der Waals surface area contributed by atoms with E-state index in [4.69, 9.17) is 9.47 Å². The lowest BCUT2D eigenvalue weighted by Gasteiger charge is -2.35. The van der Waals surface area contributed by atoms with Crippen LogP contribution in [0.25, 0.3) is 22.3 Å². The first kappa shape index (κ1) is 25.0. The van der Waals surface area contributed by atoms with Gasteiger partial charge in [0.2, 0.25) is 5.91 Å². The van der Waals surface area contributed by atoms with Crippen LogP contribution in [0.5, 0.6) is 5.75 Å². The van der Waals surface area contributed by atoms with E-state index in [9.17, 15) is 18.0 Å². The number of halogens is 3. The molecular weight excluding hydrogens is 461 g/mol. The Kier molecular flexibility index (Phi) is 7.02. The van der Waals surface area contributed by atoms with Gasteiger partial charge in [0, 0.05) is 42.8 Å². The van der Waals surface area contributed by atoms with Crippen molar-refractivity contribution in [1.29, 1.82) is 0 Å². The van der Waals surface area contributed by atoms with Crippen molar-refractivity contribution >= 4 is 16.9 Å². The Morgan fingerprint density at radius 1 is 1.23 bits per heavy atom. The number of pyridine rings is 1. The van der Waals surface area contributed by atoms with Crippen molar-refractivity contribution in [3.8, 4) is 17.0 Å². The molecule has 188 valence electrons. The van der Waals surface area contributed by atoms with Crippen LogP contribution in [-0.2, 0) is 15.7 Å². The molecule has 7 nitrogen and oxygen atoms in total. The zero-order chi connectivity index (χ0) is 25.3. The quantitative estimate of drug-likeness (QED) is 0.329. The molecule has 1 saturated heterocycles. The van der Waals surface area contributed by atoms with Crippen molar-refractivity contribution < 1.29 is 27.4 Å². The summed E-state index contributed by atoms with van der Waals surface area (Å²) in [5.41, 5.74) is 0.991. The van der Waals surface area contributed by atoms with Crippen LogP contribution < -0.4 is 4.74 Å². The molecule has 1 fully saturated rings. The zero-order valence-electron chi connectivity index (χ0n) is 20.2. The number of piperidine rings is 1. The lowest BCUT2D eigenvalue weighted by atomic mass is 10.00. The first-order valence-electron chi connectivity index (χ1n) is 11.7. The average molecular weight is 491 g/mol. The fourth-order valence-electron chi connectivity index (χ4n) is 4.36. The summed E-state index contributed by atoms with van der Waals surface area (Å²) in [6.45, 7) is 8.13. The molecule has 0 spiro atoms. The van der Waals surface area contributed by atoms with Gasteiger partial charge in [-0.2, -0.15) is 18.3 Å². The minimum absolute atomic E-state index is 0.0330. The molecule has 35 heavy (non-hydrogen) atoms. The minimum atomic E-state index is -4.51. The van der Waals surface area contributed by atoms with Gasteiger partial charge in [0.25, 0.3) is 0 Å². The lowest BCUT2D eigenvalue weighted by Crippen LogP contribution is -2.44. The van der Waals surface area contributed by atoms with Crippen molar-refractivity contribution in [2.24, 2.45) is 0 Å². The maximum absolute atomic E-state index is 13.4. The number of fused-ring (bicyclic) bond motifs is 1. The van der Waals surface area contributed by atoms with Crippen LogP contribution in [0.2, 0.25) is 0 Å². The Morgan fingerprint density at radius 2 is 2.00 bits per heavy atom. The number of amides is 1. The Bertz CT molecular complexity index is 1220. The van der Waals surface area contributed by atoms with Crippen LogP contribution in [-0.4, -0.2) is 51.6 Å². The maximum atomic E-state index is 13.4. The van der Waals surface area contributed by atoms with Crippen molar-refractivity contribution in [2.75, 3.05) is 19.9 Å². The number of aryl methyl sites for hydroxylation is 1. The molecule has 0 aliphatic carbocycles. The Morgan fingerprint density at radius 3 is 2.69 bits per heavy atom. The van der Waals surface area contributed by atoms with Crippen molar-refractivity contribution in [3.05, 3.63) is 41.6 Å². The van der Waals surface area contributed by atoms with Gasteiger partial charge in [-0.05, 0) is 63.9 Å². The van der Waals surface area contributed by atoms with Crippen LogP contribution >= 0.6 is 0 Å². The van der Waals surface area contributed by atoms with E-state index in [2.05, 4.69) is 10.1 Å². The number of carbonyl (C=O) groups excluding carboxylic acids is 1. The molecule has 1 aliphatic rings. The summed E-state index contributed by atoms with van der Waals surface area (Å²) in [6, 6.07) is 5.81. The molecule has 3 aromatic rings. The molecule has 10 heteroatoms. The summed E-state index contributed by atoms with van der Waals surface area (Å²) in [6.07, 6.45) is -1.45. The van der Waals surface area contributed by atoms with Crippen molar-refractivity contribution in [2.45, 2.75) is 58.8 Å². The van der Waals surface area contributed by atoms with E-state index in [1.165, 1.54) is 0 Å². The lowest BCUT2D eigenvalue weighted by molar-refractivity contribution is -0.138. The second-order valence-electron chi connectivity index (χ2n) is 8.97. The SMILES string of the molecule is CCOCOc1cc(C(F)(F)F)cc(C)c1-c1ccc2cn([C@@H]3CCC(=O)N(C(C)C)C3)nc2n1. The van der Waals surface area contributed by atoms with E-state index in [1.54, 1.807) is 19.9 Å². The summed E-state index contributed by atoms with van der Waals surface area (Å²) in [4.78, 5) is 18.7. The van der Waals surface area contributed by atoms with Crippen LogP contribution in [0.15, 0.2) is 30.5 Å². The molecule has 0 radical (unpaired) electrons. The fourth-order valence-corrected chi connectivity index (χ4v) is 4.36. The van der Waals surface area contributed by atoms with Gasteiger partial charge in [-0.3, -0.25) is 9.48 Å². The number of ether oxygens (including phenoxy) is 2. The van der Waals surface area contributed by atoms with Gasteiger partial charge in [0.05, 0.1) is 17.3 Å². The first-order valence-corrected chi connectivity index (χ1v) is 11.7. The second kappa shape index (κ2) is 9.85. The molecule has 1 amide bonds. The topological polar surface area (TPSA) is 69.5 Å². The second-order valence-corrected chi connectivity index (χ2v) is 8.97. The number of likely N-dealkylation sites (tertiary alicyclic amines) is 1. The molecule has 1 atom stereocenters. The number of hydrogen-bond acceptors (Lipinski definition) is 5. The maximum Gasteiger partial charge on any atom is 0.416 e. The number of rotatable bonds is 7. The summed E-state index contributed by atoms with van der Waals surface area (Å²) in [5.74, 6) is 0.196. The van der Waals surface area contributed by atoms with Gasteiger partial charge in [-0.25, -0.2) is 4.98 Å². The zero-order valence-corrected chi connectivity index (χ0v) is 20.2. The monoisotopic (exact) mass is 490 g/mol. The number of alkyl halides is 3. The van der Waals surface area contributed by atoms with E-state index >= 15 is 0 Å². The standard InChI is InChI=1S/C25H29F3N4O3/c1-5-34-14-35-21-11-18(25(26,27)28)10-16(4)23(21)20-8-6-17-12-32(30-24(17)29-20)19-7-9-22(33)31(13-19)15(2)3/h6,8,10-12,15,19H,5,7,9,13-14H2,1-4H3/t19-/m1/s1. The highest BCUT2D eigenvalue weighted by atomic mass is 19.4. The van der Waals surface area contributed by atoms with E-state index in [0.717, 1.165) is 17.5 Å². The van der Waals surface area contributed by atoms with E-state index < -0.39 is 11.7 Å². The number of nitrogens with zero attached hydrogens (tertiary/aromatic N) is 4. The molecular formula is C25H29F3N4O3. The van der Waals surface area contributed by atoms with Gasteiger partial charge < -0.3 is 14.4 Å². The first-order chi connectivity index (χ1) is 16.6. The van der Waals surface area contributed by atoms with E-state index in [1.807, 2.05) is 35.7 Å². The van der Waals surface area contributed by atoms with Gasteiger partial charge in [0.1, 0.15) is 5.75 Å². The predicted octanol–water partition coefficient (Wildman–Crippen LogP) is 5.37. The fraction of sp³-hybridized carbons (Fsp3) is 0.480. The van der Waals surface area contributed by atoms with Crippen LogP contribution in [0.1, 0.15) is 50.8 Å². The Labute approximate surface area is 201 Å². The average Bonchev–Trinajstić information content (AvgIpc) is 3.22. The molecule has 3 heterocycles. The Balaban J connectivity index is 1.70. The number of aromatic nitrogens is 3. The van der Waals surface area contributed by atoms with Crippen molar-refractivity contribution in [1.82, 2.24) is 19.7 Å².